The van der Waals surface area contributed by atoms with E-state index in [1.54, 1.807) is 0 Å². The number of hydrogen-bond acceptors (Lipinski definition) is 4. The number of carbonyl (C=O) groups is 1. The number of carbonyl (C=O) groups excluding carboxylic acids is 1. The van der Waals surface area contributed by atoms with Crippen LogP contribution in [0.3, 0.4) is 0 Å². The molecule has 0 spiro atoms. The molecule has 0 radical (unpaired) electrons. The average Bonchev–Trinajstić information content (AvgIpc) is 2.60. The van der Waals surface area contributed by atoms with Crippen LogP contribution in [0, 0.1) is 0 Å². The van der Waals surface area contributed by atoms with Gasteiger partial charge in [0.25, 0.3) is 0 Å². The lowest BCUT2D eigenvalue weighted by atomic mass is 10.1. The van der Waals surface area contributed by atoms with Crippen molar-refractivity contribution in [2.75, 3.05) is 19.7 Å². The molecule has 1 saturated heterocycles. The zero-order valence-electron chi connectivity index (χ0n) is 14.5. The van der Waals surface area contributed by atoms with Gasteiger partial charge in [0.2, 0.25) is 0 Å². The van der Waals surface area contributed by atoms with Crippen LogP contribution < -0.4 is 4.74 Å². The largest absolute Gasteiger partial charge is 0.487 e. The van der Waals surface area contributed by atoms with Gasteiger partial charge in [0.1, 0.15) is 12.4 Å². The number of ether oxygens (including phenoxy) is 2. The van der Waals surface area contributed by atoms with E-state index >= 15 is 0 Å². The summed E-state index contributed by atoms with van der Waals surface area (Å²) in [5.41, 5.74) is -0.733. The number of likely N-dealkylation sites (tertiary alicyclic amines) is 1. The highest BCUT2D eigenvalue weighted by molar-refractivity contribution is 5.88. The summed E-state index contributed by atoms with van der Waals surface area (Å²) >= 11 is 0. The van der Waals surface area contributed by atoms with Crippen molar-refractivity contribution in [2.45, 2.75) is 38.8 Å². The monoisotopic (exact) mass is 327 g/mol. The molecule has 1 heterocycles. The van der Waals surface area contributed by atoms with E-state index in [9.17, 15) is 4.79 Å². The lowest BCUT2D eigenvalue weighted by Gasteiger charge is -2.41. The molecule has 1 fully saturated rings. The molecule has 1 aliphatic heterocycles. The van der Waals surface area contributed by atoms with Crippen molar-refractivity contribution in [1.82, 2.24) is 4.90 Å². The second kappa shape index (κ2) is 7.22. The third-order valence-electron chi connectivity index (χ3n) is 4.63. The molecule has 0 amide bonds. The van der Waals surface area contributed by atoms with Crippen LogP contribution in [-0.2, 0) is 9.53 Å². The van der Waals surface area contributed by atoms with E-state index in [1.807, 2.05) is 31.2 Å². The van der Waals surface area contributed by atoms with Gasteiger partial charge in [-0.1, -0.05) is 42.8 Å². The van der Waals surface area contributed by atoms with Crippen LogP contribution in [0.25, 0.3) is 10.8 Å². The Morgan fingerprint density at radius 1 is 1.08 bits per heavy atom. The molecular formula is C20H25NO3. The lowest BCUT2D eigenvalue weighted by Crippen LogP contribution is -2.55. The van der Waals surface area contributed by atoms with E-state index < -0.39 is 5.72 Å². The normalized spacial score (nSPS) is 18.1. The number of rotatable bonds is 5. The number of nitrogens with zero attached hydrogens (tertiary/aromatic N) is 1. The molecule has 4 nitrogen and oxygen atoms in total. The second-order valence-corrected chi connectivity index (χ2v) is 6.58. The molecule has 4 heteroatoms. The topological polar surface area (TPSA) is 38.8 Å². The zero-order chi connectivity index (χ0) is 17.0. The average molecular weight is 327 g/mol. The molecule has 1 atom stereocenters. The van der Waals surface area contributed by atoms with Gasteiger partial charge in [-0.25, -0.2) is 0 Å². The second-order valence-electron chi connectivity index (χ2n) is 6.58. The molecule has 24 heavy (non-hydrogen) atoms. The molecule has 1 aliphatic rings. The SMILES string of the molecule is CC(=O)OC(C)(COc1cccc2ccccc12)N1CCCCC1. The molecule has 0 aliphatic carbocycles. The van der Waals surface area contributed by atoms with E-state index in [2.05, 4.69) is 23.1 Å². The van der Waals surface area contributed by atoms with E-state index in [1.165, 1.54) is 13.3 Å². The Hall–Kier alpha value is -2.07. The highest BCUT2D eigenvalue weighted by Crippen LogP contribution is 2.28. The fourth-order valence-electron chi connectivity index (χ4n) is 3.40. The predicted octanol–water partition coefficient (Wildman–Crippen LogP) is 3.98. The van der Waals surface area contributed by atoms with Crippen molar-refractivity contribution in [3.63, 3.8) is 0 Å². The molecular weight excluding hydrogens is 302 g/mol. The minimum Gasteiger partial charge on any atom is -0.487 e. The first kappa shape index (κ1) is 16.8. The van der Waals surface area contributed by atoms with E-state index in [4.69, 9.17) is 9.47 Å². The first-order chi connectivity index (χ1) is 11.6. The Balaban J connectivity index is 1.80. The van der Waals surface area contributed by atoms with Gasteiger partial charge in [0.15, 0.2) is 5.72 Å². The van der Waals surface area contributed by atoms with Crippen LogP contribution in [0.4, 0.5) is 0 Å². The number of hydrogen-bond donors (Lipinski definition) is 0. The predicted molar refractivity (Wildman–Crippen MR) is 95.0 cm³/mol. The fourth-order valence-corrected chi connectivity index (χ4v) is 3.40. The molecule has 128 valence electrons. The van der Waals surface area contributed by atoms with Crippen LogP contribution in [0.5, 0.6) is 5.75 Å². The first-order valence-corrected chi connectivity index (χ1v) is 8.64. The maximum absolute atomic E-state index is 11.6. The van der Waals surface area contributed by atoms with E-state index in [-0.39, 0.29) is 5.97 Å². The molecule has 0 N–H and O–H groups in total. The molecule has 3 rings (SSSR count). The molecule has 0 saturated carbocycles. The highest BCUT2D eigenvalue weighted by Gasteiger charge is 2.37. The van der Waals surface area contributed by atoms with Gasteiger partial charge in [-0.2, -0.15) is 0 Å². The van der Waals surface area contributed by atoms with E-state index in [0.717, 1.165) is 42.5 Å². The van der Waals surface area contributed by atoms with Crippen LogP contribution in [-0.4, -0.2) is 36.3 Å². The smallest absolute Gasteiger partial charge is 0.304 e. The Labute approximate surface area is 143 Å². The number of esters is 1. The molecule has 2 aromatic rings. The maximum Gasteiger partial charge on any atom is 0.304 e. The Kier molecular flexibility index (Phi) is 5.05. The fraction of sp³-hybridized carbons (Fsp3) is 0.450. The van der Waals surface area contributed by atoms with Crippen molar-refractivity contribution >= 4 is 16.7 Å². The van der Waals surface area contributed by atoms with E-state index in [0.29, 0.717) is 6.61 Å². The van der Waals surface area contributed by atoms with Crippen LogP contribution >= 0.6 is 0 Å². The zero-order valence-corrected chi connectivity index (χ0v) is 14.5. The summed E-state index contributed by atoms with van der Waals surface area (Å²) in [6.07, 6.45) is 3.49. The number of piperidine rings is 1. The van der Waals surface area contributed by atoms with Crippen molar-refractivity contribution in [2.24, 2.45) is 0 Å². The first-order valence-electron chi connectivity index (χ1n) is 8.64. The third kappa shape index (κ3) is 3.70. The van der Waals surface area contributed by atoms with Crippen molar-refractivity contribution in [1.29, 1.82) is 0 Å². The standard InChI is InChI=1S/C20H25NO3/c1-16(22)24-20(2,21-13-6-3-7-14-21)15-23-19-12-8-10-17-9-4-5-11-18(17)19/h4-5,8-12H,3,6-7,13-15H2,1-2H3. The van der Waals surface area contributed by atoms with Gasteiger partial charge in [-0.3, -0.25) is 9.69 Å². The third-order valence-corrected chi connectivity index (χ3v) is 4.63. The van der Waals surface area contributed by atoms with Gasteiger partial charge < -0.3 is 9.47 Å². The van der Waals surface area contributed by atoms with Gasteiger partial charge >= 0.3 is 5.97 Å². The number of benzene rings is 2. The summed E-state index contributed by atoms with van der Waals surface area (Å²) in [7, 11) is 0. The molecule has 2 aromatic carbocycles. The quantitative estimate of drug-likeness (QED) is 0.779. The summed E-state index contributed by atoms with van der Waals surface area (Å²) in [4.78, 5) is 13.8. The number of fused-ring (bicyclic) bond motifs is 1. The minimum atomic E-state index is -0.733. The summed E-state index contributed by atoms with van der Waals surface area (Å²) in [6, 6.07) is 14.2. The van der Waals surface area contributed by atoms with Crippen molar-refractivity contribution in [3.8, 4) is 5.75 Å². The van der Waals surface area contributed by atoms with Crippen LogP contribution in [0.1, 0.15) is 33.1 Å². The lowest BCUT2D eigenvalue weighted by molar-refractivity contribution is -0.188. The Morgan fingerprint density at radius 3 is 2.54 bits per heavy atom. The van der Waals surface area contributed by atoms with Crippen LogP contribution in [0.2, 0.25) is 0 Å². The van der Waals surface area contributed by atoms with Crippen molar-refractivity contribution < 1.29 is 14.3 Å². The molecule has 1 unspecified atom stereocenters. The Bertz CT molecular complexity index is 704. The van der Waals surface area contributed by atoms with Crippen molar-refractivity contribution in [3.05, 3.63) is 42.5 Å². The van der Waals surface area contributed by atoms with Crippen LogP contribution in [0.15, 0.2) is 42.5 Å². The molecule has 0 aromatic heterocycles. The summed E-state index contributed by atoms with van der Waals surface area (Å²) in [5.74, 6) is 0.549. The van der Waals surface area contributed by atoms with Gasteiger partial charge in [0, 0.05) is 25.4 Å². The van der Waals surface area contributed by atoms with Gasteiger partial charge in [-0.15, -0.1) is 0 Å². The van der Waals surface area contributed by atoms with Gasteiger partial charge in [0.05, 0.1) is 0 Å². The Morgan fingerprint density at radius 2 is 1.79 bits per heavy atom. The maximum atomic E-state index is 11.6. The summed E-state index contributed by atoms with van der Waals surface area (Å²) in [5, 5.41) is 2.21. The summed E-state index contributed by atoms with van der Waals surface area (Å²) in [6.45, 7) is 5.59. The van der Waals surface area contributed by atoms with Gasteiger partial charge in [-0.05, 0) is 31.2 Å². The summed E-state index contributed by atoms with van der Waals surface area (Å²) < 4.78 is 11.8. The highest BCUT2D eigenvalue weighted by atomic mass is 16.6. The minimum absolute atomic E-state index is 0.274. The molecule has 0 bridgehead atoms.